The van der Waals surface area contributed by atoms with Gasteiger partial charge >= 0.3 is 0 Å². The summed E-state index contributed by atoms with van der Waals surface area (Å²) in [4.78, 5) is 4.02. The molecule has 16 heavy (non-hydrogen) atoms. The second-order valence-electron chi connectivity index (χ2n) is 3.14. The topological polar surface area (TPSA) is 73.9 Å². The van der Waals surface area contributed by atoms with Crippen molar-refractivity contribution in [2.45, 2.75) is 0 Å². The molecule has 5 nitrogen and oxygen atoms in total. The number of nitrogens with zero attached hydrogens (tertiary/aromatic N) is 3. The van der Waals surface area contributed by atoms with Gasteiger partial charge in [-0.2, -0.15) is 0 Å². The minimum Gasteiger partial charge on any atom is -0.475 e. The first-order valence-corrected chi connectivity index (χ1v) is 4.97. The van der Waals surface area contributed by atoms with Gasteiger partial charge in [0, 0.05) is 30.6 Å². The molecule has 0 unspecified atom stereocenters. The third-order valence-electron chi connectivity index (χ3n) is 1.97. The van der Waals surface area contributed by atoms with Gasteiger partial charge in [-0.3, -0.25) is 4.98 Å². The van der Waals surface area contributed by atoms with E-state index >= 15 is 0 Å². The summed E-state index contributed by atoms with van der Waals surface area (Å²) in [6, 6.07) is 7.40. The molecule has 0 amide bonds. The summed E-state index contributed by atoms with van der Waals surface area (Å²) < 4.78 is 5.23. The van der Waals surface area contributed by atoms with Gasteiger partial charge in [-0.05, 0) is 18.2 Å². The van der Waals surface area contributed by atoms with E-state index in [9.17, 15) is 0 Å². The van der Waals surface area contributed by atoms with Gasteiger partial charge in [0.25, 0.3) is 0 Å². The molecular weight excluding hydrogens is 204 g/mol. The normalized spacial score (nSPS) is 10.1. The molecule has 0 aliphatic carbocycles. The molecule has 2 rings (SSSR count). The van der Waals surface area contributed by atoms with Crippen molar-refractivity contribution >= 4 is 0 Å². The zero-order valence-electron chi connectivity index (χ0n) is 8.71. The standard InChI is InChI=1S/C11H12N4O/c12-5-7-16-11-4-3-10(14-15-11)9-2-1-6-13-8-9/h1-4,6,8H,5,7,12H2. The Hall–Kier alpha value is -2.01. The highest BCUT2D eigenvalue weighted by Crippen LogP contribution is 2.15. The summed E-state index contributed by atoms with van der Waals surface area (Å²) in [6.45, 7) is 0.910. The Morgan fingerprint density at radius 3 is 2.75 bits per heavy atom. The minimum absolute atomic E-state index is 0.445. The number of rotatable bonds is 4. The molecule has 2 N–H and O–H groups in total. The van der Waals surface area contributed by atoms with Crippen molar-refractivity contribution < 1.29 is 4.74 Å². The highest BCUT2D eigenvalue weighted by molar-refractivity contribution is 5.56. The third kappa shape index (κ3) is 2.52. The molecule has 2 heterocycles. The van der Waals surface area contributed by atoms with Crippen molar-refractivity contribution in [3.05, 3.63) is 36.7 Å². The number of hydrogen-bond donors (Lipinski definition) is 1. The molecule has 2 aromatic heterocycles. The van der Waals surface area contributed by atoms with E-state index in [-0.39, 0.29) is 0 Å². The van der Waals surface area contributed by atoms with Crippen LogP contribution in [0.15, 0.2) is 36.7 Å². The Morgan fingerprint density at radius 1 is 1.19 bits per heavy atom. The molecule has 0 fully saturated rings. The molecule has 2 aromatic rings. The molecule has 0 aliphatic rings. The van der Waals surface area contributed by atoms with Crippen LogP contribution in [-0.4, -0.2) is 28.3 Å². The van der Waals surface area contributed by atoms with E-state index in [1.165, 1.54) is 0 Å². The summed E-state index contributed by atoms with van der Waals surface area (Å²) in [5, 5.41) is 7.98. The predicted molar refractivity (Wildman–Crippen MR) is 59.8 cm³/mol. The fourth-order valence-electron chi connectivity index (χ4n) is 1.23. The summed E-state index contributed by atoms with van der Waals surface area (Å²) in [5.74, 6) is 0.484. The van der Waals surface area contributed by atoms with E-state index in [2.05, 4.69) is 15.2 Å². The minimum atomic E-state index is 0.445. The largest absolute Gasteiger partial charge is 0.475 e. The lowest BCUT2D eigenvalue weighted by Gasteiger charge is -2.03. The number of aromatic nitrogens is 3. The summed E-state index contributed by atoms with van der Waals surface area (Å²) in [7, 11) is 0. The van der Waals surface area contributed by atoms with Crippen LogP contribution in [0.3, 0.4) is 0 Å². The number of hydrogen-bond acceptors (Lipinski definition) is 5. The van der Waals surface area contributed by atoms with Gasteiger partial charge in [-0.25, -0.2) is 0 Å². The summed E-state index contributed by atoms with van der Waals surface area (Å²) in [5.41, 5.74) is 7.02. The maximum Gasteiger partial charge on any atom is 0.233 e. The molecule has 0 radical (unpaired) electrons. The number of pyridine rings is 1. The number of ether oxygens (including phenoxy) is 1. The molecule has 0 aliphatic heterocycles. The fraction of sp³-hybridized carbons (Fsp3) is 0.182. The monoisotopic (exact) mass is 216 g/mol. The van der Waals surface area contributed by atoms with Crippen LogP contribution in [0.1, 0.15) is 0 Å². The quantitative estimate of drug-likeness (QED) is 0.821. The van der Waals surface area contributed by atoms with Crippen LogP contribution in [0.5, 0.6) is 5.88 Å². The molecule has 0 saturated carbocycles. The smallest absolute Gasteiger partial charge is 0.233 e. The van der Waals surface area contributed by atoms with Gasteiger partial charge < -0.3 is 10.5 Å². The zero-order valence-corrected chi connectivity index (χ0v) is 8.71. The van der Waals surface area contributed by atoms with Gasteiger partial charge in [-0.15, -0.1) is 10.2 Å². The molecule has 0 saturated heterocycles. The van der Waals surface area contributed by atoms with Crippen molar-refractivity contribution in [1.29, 1.82) is 0 Å². The Balaban J connectivity index is 2.13. The van der Waals surface area contributed by atoms with Gasteiger partial charge in [0.2, 0.25) is 5.88 Å². The van der Waals surface area contributed by atoms with Crippen LogP contribution in [-0.2, 0) is 0 Å². The van der Waals surface area contributed by atoms with Crippen molar-refractivity contribution in [3.63, 3.8) is 0 Å². The van der Waals surface area contributed by atoms with E-state index in [0.717, 1.165) is 11.3 Å². The van der Waals surface area contributed by atoms with Crippen LogP contribution in [0.4, 0.5) is 0 Å². The van der Waals surface area contributed by atoms with E-state index < -0.39 is 0 Å². The highest BCUT2D eigenvalue weighted by atomic mass is 16.5. The predicted octanol–water partition coefficient (Wildman–Crippen LogP) is 0.876. The lowest BCUT2D eigenvalue weighted by Crippen LogP contribution is -2.11. The van der Waals surface area contributed by atoms with Crippen molar-refractivity contribution in [3.8, 4) is 17.1 Å². The Kier molecular flexibility index (Phi) is 3.40. The van der Waals surface area contributed by atoms with Crippen LogP contribution in [0.2, 0.25) is 0 Å². The van der Waals surface area contributed by atoms with Crippen molar-refractivity contribution in [2.24, 2.45) is 5.73 Å². The Bertz CT molecular complexity index is 429. The van der Waals surface area contributed by atoms with Crippen LogP contribution < -0.4 is 10.5 Å². The SMILES string of the molecule is NCCOc1ccc(-c2cccnc2)nn1. The molecule has 0 bridgehead atoms. The lowest BCUT2D eigenvalue weighted by molar-refractivity contribution is 0.312. The van der Waals surface area contributed by atoms with Gasteiger partial charge in [0.05, 0.1) is 5.69 Å². The van der Waals surface area contributed by atoms with Crippen molar-refractivity contribution in [1.82, 2.24) is 15.2 Å². The molecule has 0 spiro atoms. The van der Waals surface area contributed by atoms with Crippen molar-refractivity contribution in [2.75, 3.05) is 13.2 Å². The van der Waals surface area contributed by atoms with E-state index in [1.54, 1.807) is 18.5 Å². The van der Waals surface area contributed by atoms with E-state index in [4.69, 9.17) is 10.5 Å². The summed E-state index contributed by atoms with van der Waals surface area (Å²) >= 11 is 0. The lowest BCUT2D eigenvalue weighted by atomic mass is 10.2. The first-order valence-electron chi connectivity index (χ1n) is 4.97. The molecule has 82 valence electrons. The second kappa shape index (κ2) is 5.18. The van der Waals surface area contributed by atoms with Gasteiger partial charge in [0.1, 0.15) is 6.61 Å². The molecule has 5 heteroatoms. The average Bonchev–Trinajstić information content (AvgIpc) is 2.38. The van der Waals surface area contributed by atoms with Crippen LogP contribution >= 0.6 is 0 Å². The van der Waals surface area contributed by atoms with Gasteiger partial charge in [-0.1, -0.05) is 0 Å². The molecule has 0 aromatic carbocycles. The molecular formula is C11H12N4O. The maximum absolute atomic E-state index is 5.32. The first-order chi connectivity index (χ1) is 7.90. The third-order valence-corrected chi connectivity index (χ3v) is 1.97. The zero-order chi connectivity index (χ0) is 11.2. The summed E-state index contributed by atoms with van der Waals surface area (Å²) in [6.07, 6.45) is 3.46. The van der Waals surface area contributed by atoms with Gasteiger partial charge in [0.15, 0.2) is 0 Å². The Labute approximate surface area is 93.3 Å². The first kappa shape index (κ1) is 10.5. The van der Waals surface area contributed by atoms with Crippen LogP contribution in [0.25, 0.3) is 11.3 Å². The number of nitrogens with two attached hydrogens (primary N) is 1. The average molecular weight is 216 g/mol. The van der Waals surface area contributed by atoms with E-state index in [1.807, 2.05) is 18.2 Å². The van der Waals surface area contributed by atoms with Crippen LogP contribution in [0, 0.1) is 0 Å². The van der Waals surface area contributed by atoms with E-state index in [0.29, 0.717) is 19.0 Å². The molecule has 0 atom stereocenters. The fourth-order valence-corrected chi connectivity index (χ4v) is 1.23. The second-order valence-corrected chi connectivity index (χ2v) is 3.14. The highest BCUT2D eigenvalue weighted by Gasteiger charge is 2.00. The maximum atomic E-state index is 5.32. The Morgan fingerprint density at radius 2 is 2.12 bits per heavy atom.